The molecule has 19 heavy (non-hydrogen) atoms. The molecule has 2 N–H and O–H groups in total. The van der Waals surface area contributed by atoms with E-state index < -0.39 is 20.5 Å². The van der Waals surface area contributed by atoms with Gasteiger partial charge in [-0.2, -0.15) is 8.78 Å². The highest BCUT2D eigenvalue weighted by Crippen LogP contribution is 2.31. The molecule has 1 fully saturated rings. The summed E-state index contributed by atoms with van der Waals surface area (Å²) in [6.45, 7) is 0. The number of hydrogen-bond donors (Lipinski definition) is 1. The second-order valence-corrected chi connectivity index (χ2v) is 6.45. The van der Waals surface area contributed by atoms with Crippen molar-refractivity contribution >= 4 is 9.84 Å². The molecule has 7 heteroatoms. The van der Waals surface area contributed by atoms with Gasteiger partial charge in [0.05, 0.1) is 0 Å². The quantitative estimate of drug-likeness (QED) is 0.920. The minimum absolute atomic E-state index is 0.0175. The van der Waals surface area contributed by atoms with Crippen molar-refractivity contribution in [3.05, 3.63) is 24.3 Å². The molecule has 0 amide bonds. The van der Waals surface area contributed by atoms with Crippen LogP contribution in [0.4, 0.5) is 8.78 Å². The minimum Gasteiger partial charge on any atom is -0.489 e. The fraction of sp³-hybridized carbons (Fsp3) is 0.500. The average Bonchev–Trinajstić information content (AvgIpc) is 2.75. The van der Waals surface area contributed by atoms with Gasteiger partial charge in [0.15, 0.2) is 0 Å². The number of nitrogens with two attached hydrogens (primary N) is 1. The van der Waals surface area contributed by atoms with E-state index >= 15 is 0 Å². The Labute approximate surface area is 110 Å². The molecule has 4 nitrogen and oxygen atoms in total. The first-order valence-electron chi connectivity index (χ1n) is 5.94. The Morgan fingerprint density at radius 1 is 1.26 bits per heavy atom. The van der Waals surface area contributed by atoms with Crippen LogP contribution in [0.15, 0.2) is 29.2 Å². The van der Waals surface area contributed by atoms with Crippen molar-refractivity contribution in [3.8, 4) is 5.75 Å². The largest absolute Gasteiger partial charge is 0.489 e. The fourth-order valence-electron chi connectivity index (χ4n) is 2.14. The van der Waals surface area contributed by atoms with Crippen molar-refractivity contribution in [2.75, 3.05) is 0 Å². The molecular formula is C12H15F2NO3S. The van der Waals surface area contributed by atoms with Crippen molar-refractivity contribution in [1.29, 1.82) is 0 Å². The van der Waals surface area contributed by atoms with Gasteiger partial charge < -0.3 is 10.5 Å². The van der Waals surface area contributed by atoms with Gasteiger partial charge >= 0.3 is 5.76 Å². The molecule has 2 rings (SSSR count). The molecule has 0 spiro atoms. The van der Waals surface area contributed by atoms with E-state index in [2.05, 4.69) is 0 Å². The van der Waals surface area contributed by atoms with Crippen molar-refractivity contribution in [3.63, 3.8) is 0 Å². The smallest absolute Gasteiger partial charge is 0.341 e. The Morgan fingerprint density at radius 2 is 1.95 bits per heavy atom. The molecule has 2 unspecified atom stereocenters. The van der Waals surface area contributed by atoms with Crippen molar-refractivity contribution < 1.29 is 21.9 Å². The highest BCUT2D eigenvalue weighted by molar-refractivity contribution is 7.91. The van der Waals surface area contributed by atoms with Crippen LogP contribution in [0.25, 0.3) is 0 Å². The highest BCUT2D eigenvalue weighted by atomic mass is 32.2. The van der Waals surface area contributed by atoms with Gasteiger partial charge in [-0.05, 0) is 31.4 Å². The first-order valence-corrected chi connectivity index (χ1v) is 7.49. The summed E-state index contributed by atoms with van der Waals surface area (Å²) in [5.74, 6) is -3.48. The minimum atomic E-state index is -4.65. The number of sulfone groups is 1. The summed E-state index contributed by atoms with van der Waals surface area (Å²) < 4.78 is 53.8. The van der Waals surface area contributed by atoms with Crippen LogP contribution >= 0.6 is 0 Å². The predicted octanol–water partition coefficient (Wildman–Crippen LogP) is 1.94. The molecule has 1 saturated carbocycles. The Bertz CT molecular complexity index is 548. The molecule has 0 aromatic heterocycles. The maximum Gasteiger partial charge on any atom is 0.341 e. The molecular weight excluding hydrogens is 276 g/mol. The molecule has 106 valence electrons. The van der Waals surface area contributed by atoms with E-state index in [1.807, 2.05) is 0 Å². The normalized spacial score (nSPS) is 23.8. The summed E-state index contributed by atoms with van der Waals surface area (Å²) in [7, 11) is -4.65. The van der Waals surface area contributed by atoms with E-state index in [9.17, 15) is 17.2 Å². The molecule has 0 aliphatic heterocycles. The topological polar surface area (TPSA) is 69.4 Å². The summed E-state index contributed by atoms with van der Waals surface area (Å²) in [6.07, 6.45) is 1.87. The lowest BCUT2D eigenvalue weighted by Gasteiger charge is -2.16. The summed E-state index contributed by atoms with van der Waals surface area (Å²) in [5, 5.41) is 0. The maximum atomic E-state index is 12.6. The Kier molecular flexibility index (Phi) is 4.05. The molecule has 0 heterocycles. The zero-order chi connectivity index (χ0) is 14.0. The van der Waals surface area contributed by atoms with Crippen LogP contribution < -0.4 is 10.5 Å². The molecule has 0 radical (unpaired) electrons. The number of alkyl halides is 2. The zero-order valence-corrected chi connectivity index (χ0v) is 10.9. The number of halogens is 2. The van der Waals surface area contributed by atoms with Gasteiger partial charge in [0.1, 0.15) is 16.7 Å². The number of para-hydroxylation sites is 1. The highest BCUT2D eigenvalue weighted by Gasteiger charge is 2.31. The van der Waals surface area contributed by atoms with E-state index in [4.69, 9.17) is 10.5 Å². The standard InChI is InChI=1S/C12H15F2NO3S/c13-12(14)19(16,17)11-4-2-1-3-10(11)18-9-6-5-8(15)7-9/h1-4,8-9,12H,5-7,15H2. The van der Waals surface area contributed by atoms with Gasteiger partial charge in [0.25, 0.3) is 0 Å². The number of ether oxygens (including phenoxy) is 1. The van der Waals surface area contributed by atoms with Crippen LogP contribution in [0.5, 0.6) is 5.75 Å². The summed E-state index contributed by atoms with van der Waals surface area (Å²) >= 11 is 0. The van der Waals surface area contributed by atoms with Gasteiger partial charge in [-0.15, -0.1) is 0 Å². The Hall–Kier alpha value is -1.21. The monoisotopic (exact) mass is 291 g/mol. The van der Waals surface area contributed by atoms with E-state index in [0.29, 0.717) is 12.8 Å². The molecule has 1 aromatic rings. The lowest BCUT2D eigenvalue weighted by atomic mass is 10.3. The van der Waals surface area contributed by atoms with E-state index in [-0.39, 0.29) is 17.9 Å². The van der Waals surface area contributed by atoms with Gasteiger partial charge in [0, 0.05) is 6.04 Å². The third kappa shape index (κ3) is 3.03. The fourth-order valence-corrected chi connectivity index (χ4v) is 3.00. The lowest BCUT2D eigenvalue weighted by molar-refractivity contribution is 0.200. The van der Waals surface area contributed by atoms with Gasteiger partial charge in [-0.25, -0.2) is 8.42 Å². The van der Waals surface area contributed by atoms with E-state index in [1.54, 1.807) is 6.07 Å². The predicted molar refractivity (Wildman–Crippen MR) is 65.9 cm³/mol. The SMILES string of the molecule is NC1CCC(Oc2ccccc2S(=O)(=O)C(F)F)C1. The average molecular weight is 291 g/mol. The second kappa shape index (κ2) is 5.42. The van der Waals surface area contributed by atoms with E-state index in [1.165, 1.54) is 12.1 Å². The Balaban J connectivity index is 2.27. The number of rotatable bonds is 4. The lowest BCUT2D eigenvalue weighted by Crippen LogP contribution is -2.20. The van der Waals surface area contributed by atoms with Gasteiger partial charge in [0.2, 0.25) is 9.84 Å². The molecule has 0 bridgehead atoms. The van der Waals surface area contributed by atoms with Gasteiger partial charge in [-0.1, -0.05) is 12.1 Å². The summed E-state index contributed by atoms with van der Waals surface area (Å²) in [6, 6.07) is 5.48. The zero-order valence-electron chi connectivity index (χ0n) is 10.1. The van der Waals surface area contributed by atoms with Crippen LogP contribution in [0.3, 0.4) is 0 Å². The van der Waals surface area contributed by atoms with E-state index in [0.717, 1.165) is 12.5 Å². The van der Waals surface area contributed by atoms with Crippen molar-refractivity contribution in [2.24, 2.45) is 5.73 Å². The molecule has 1 aliphatic carbocycles. The third-order valence-corrected chi connectivity index (χ3v) is 4.53. The van der Waals surface area contributed by atoms with Crippen LogP contribution in [0.2, 0.25) is 0 Å². The first-order chi connectivity index (χ1) is 8.91. The maximum absolute atomic E-state index is 12.6. The molecule has 1 aromatic carbocycles. The van der Waals surface area contributed by atoms with Crippen LogP contribution in [-0.4, -0.2) is 26.3 Å². The van der Waals surface area contributed by atoms with Crippen LogP contribution in [0.1, 0.15) is 19.3 Å². The van der Waals surface area contributed by atoms with Crippen LogP contribution in [-0.2, 0) is 9.84 Å². The number of benzene rings is 1. The van der Waals surface area contributed by atoms with Crippen molar-refractivity contribution in [1.82, 2.24) is 0 Å². The summed E-state index contributed by atoms with van der Waals surface area (Å²) in [5.41, 5.74) is 5.73. The number of hydrogen-bond acceptors (Lipinski definition) is 4. The Morgan fingerprint density at radius 3 is 2.53 bits per heavy atom. The van der Waals surface area contributed by atoms with Crippen LogP contribution in [0, 0.1) is 0 Å². The van der Waals surface area contributed by atoms with Gasteiger partial charge in [-0.3, -0.25) is 0 Å². The first kappa shape index (κ1) is 14.2. The summed E-state index contributed by atoms with van der Waals surface area (Å²) in [4.78, 5) is -0.467. The van der Waals surface area contributed by atoms with Crippen molar-refractivity contribution in [2.45, 2.75) is 42.1 Å². The molecule has 1 aliphatic rings. The third-order valence-electron chi connectivity index (χ3n) is 3.11. The second-order valence-electron chi connectivity index (χ2n) is 4.57. The molecule has 2 atom stereocenters. The molecule has 0 saturated heterocycles.